The molecule has 0 unspecified atom stereocenters. The van der Waals surface area contributed by atoms with Crippen molar-refractivity contribution in [2.45, 2.75) is 12.5 Å². The van der Waals surface area contributed by atoms with Crippen LogP contribution in [0.4, 0.5) is 0 Å². The number of methoxy groups -OCH3 is 2. The zero-order valence-electron chi connectivity index (χ0n) is 9.06. The van der Waals surface area contributed by atoms with Gasteiger partial charge in [-0.1, -0.05) is 0 Å². The van der Waals surface area contributed by atoms with Crippen LogP contribution in [-0.4, -0.2) is 25.9 Å². The summed E-state index contributed by atoms with van der Waals surface area (Å²) in [7, 11) is 3.15. The predicted molar refractivity (Wildman–Crippen MR) is 58.2 cm³/mol. The summed E-state index contributed by atoms with van der Waals surface area (Å²) in [5.41, 5.74) is 6.15. The van der Waals surface area contributed by atoms with Crippen molar-refractivity contribution in [3.63, 3.8) is 0 Å². The lowest BCUT2D eigenvalue weighted by molar-refractivity contribution is 0.169. The topological polar surface area (TPSA) is 64.7 Å². The molecule has 0 saturated heterocycles. The number of rotatable bonds is 5. The van der Waals surface area contributed by atoms with Crippen molar-refractivity contribution in [2.75, 3.05) is 20.8 Å². The summed E-state index contributed by atoms with van der Waals surface area (Å²) >= 11 is 0. The van der Waals surface area contributed by atoms with Crippen molar-refractivity contribution in [1.82, 2.24) is 0 Å². The van der Waals surface area contributed by atoms with Gasteiger partial charge in [-0.2, -0.15) is 0 Å². The van der Waals surface area contributed by atoms with Crippen LogP contribution in [0.25, 0.3) is 0 Å². The number of aliphatic hydroxyl groups excluding tert-OH is 1. The Morgan fingerprint density at radius 2 is 1.73 bits per heavy atom. The van der Waals surface area contributed by atoms with Gasteiger partial charge in [0.15, 0.2) is 0 Å². The standard InChI is InChI=1S/C11H17NO3/c1-14-9-5-8(11(13)3-4-12)6-10(7-9)15-2/h5-7,11,13H,3-4,12H2,1-2H3/t11-/m0/s1. The molecule has 0 heterocycles. The van der Waals surface area contributed by atoms with E-state index in [9.17, 15) is 5.11 Å². The lowest BCUT2D eigenvalue weighted by Gasteiger charge is -2.12. The van der Waals surface area contributed by atoms with Crippen LogP contribution >= 0.6 is 0 Å². The van der Waals surface area contributed by atoms with Crippen molar-refractivity contribution in [3.05, 3.63) is 23.8 Å². The van der Waals surface area contributed by atoms with E-state index in [4.69, 9.17) is 15.2 Å². The fourth-order valence-electron chi connectivity index (χ4n) is 1.35. The lowest BCUT2D eigenvalue weighted by Crippen LogP contribution is -2.07. The van der Waals surface area contributed by atoms with Crippen LogP contribution in [0, 0.1) is 0 Å². The third-order valence-corrected chi connectivity index (χ3v) is 2.20. The molecule has 0 radical (unpaired) electrons. The van der Waals surface area contributed by atoms with Gasteiger partial charge in [0, 0.05) is 6.07 Å². The molecule has 1 rings (SSSR count). The molecule has 0 aromatic heterocycles. The minimum Gasteiger partial charge on any atom is -0.497 e. The summed E-state index contributed by atoms with van der Waals surface area (Å²) < 4.78 is 10.2. The van der Waals surface area contributed by atoms with Crippen LogP contribution in [0.5, 0.6) is 11.5 Å². The van der Waals surface area contributed by atoms with Crippen molar-refractivity contribution in [3.8, 4) is 11.5 Å². The molecule has 1 aromatic carbocycles. The fourth-order valence-corrected chi connectivity index (χ4v) is 1.35. The van der Waals surface area contributed by atoms with Gasteiger partial charge in [-0.15, -0.1) is 0 Å². The molecule has 0 bridgehead atoms. The number of hydrogen-bond donors (Lipinski definition) is 2. The highest BCUT2D eigenvalue weighted by Gasteiger charge is 2.09. The van der Waals surface area contributed by atoms with Crippen molar-refractivity contribution >= 4 is 0 Å². The van der Waals surface area contributed by atoms with Gasteiger partial charge in [0.1, 0.15) is 11.5 Å². The monoisotopic (exact) mass is 211 g/mol. The Kier molecular flexibility index (Phi) is 4.39. The first kappa shape index (κ1) is 11.8. The maximum Gasteiger partial charge on any atom is 0.122 e. The van der Waals surface area contributed by atoms with E-state index >= 15 is 0 Å². The van der Waals surface area contributed by atoms with E-state index < -0.39 is 6.10 Å². The molecule has 0 spiro atoms. The van der Waals surface area contributed by atoms with Gasteiger partial charge in [0.25, 0.3) is 0 Å². The summed E-state index contributed by atoms with van der Waals surface area (Å²) in [5, 5.41) is 9.77. The van der Waals surface area contributed by atoms with E-state index in [1.54, 1.807) is 32.4 Å². The highest BCUT2D eigenvalue weighted by Crippen LogP contribution is 2.27. The molecule has 4 heteroatoms. The van der Waals surface area contributed by atoms with E-state index in [2.05, 4.69) is 0 Å². The van der Waals surface area contributed by atoms with E-state index in [1.165, 1.54) is 0 Å². The second kappa shape index (κ2) is 5.58. The summed E-state index contributed by atoms with van der Waals surface area (Å²) in [6.07, 6.45) is -0.0462. The van der Waals surface area contributed by atoms with Gasteiger partial charge >= 0.3 is 0 Å². The molecular weight excluding hydrogens is 194 g/mol. The van der Waals surface area contributed by atoms with Gasteiger partial charge in [-0.05, 0) is 30.7 Å². The average molecular weight is 211 g/mol. The quantitative estimate of drug-likeness (QED) is 0.765. The van der Waals surface area contributed by atoms with Crippen molar-refractivity contribution in [2.24, 2.45) is 5.73 Å². The SMILES string of the molecule is COc1cc(OC)cc([C@@H](O)CCN)c1. The van der Waals surface area contributed by atoms with Gasteiger partial charge in [0.05, 0.1) is 20.3 Å². The Morgan fingerprint density at radius 3 is 2.13 bits per heavy atom. The second-order valence-electron chi connectivity index (χ2n) is 3.24. The minimum atomic E-state index is -0.570. The molecule has 1 aromatic rings. The first-order valence-electron chi connectivity index (χ1n) is 4.82. The zero-order valence-corrected chi connectivity index (χ0v) is 9.06. The largest absolute Gasteiger partial charge is 0.497 e. The second-order valence-corrected chi connectivity index (χ2v) is 3.24. The van der Waals surface area contributed by atoms with Gasteiger partial charge < -0.3 is 20.3 Å². The van der Waals surface area contributed by atoms with Crippen LogP contribution in [0.2, 0.25) is 0 Å². The van der Waals surface area contributed by atoms with E-state index in [1.807, 2.05) is 0 Å². The number of hydrogen-bond acceptors (Lipinski definition) is 4. The molecule has 0 aliphatic rings. The third kappa shape index (κ3) is 3.11. The van der Waals surface area contributed by atoms with E-state index in [0.717, 1.165) is 5.56 Å². The molecule has 0 fully saturated rings. The first-order chi connectivity index (χ1) is 7.21. The highest BCUT2D eigenvalue weighted by atomic mass is 16.5. The predicted octanol–water partition coefficient (Wildman–Crippen LogP) is 1.09. The normalized spacial score (nSPS) is 12.3. The minimum absolute atomic E-state index is 0.445. The zero-order chi connectivity index (χ0) is 11.3. The van der Waals surface area contributed by atoms with Crippen LogP contribution in [0.15, 0.2) is 18.2 Å². The number of aliphatic hydroxyl groups is 1. The van der Waals surface area contributed by atoms with Crippen LogP contribution in [0.3, 0.4) is 0 Å². The maximum absolute atomic E-state index is 9.77. The first-order valence-corrected chi connectivity index (χ1v) is 4.82. The molecule has 3 N–H and O–H groups in total. The Bertz CT molecular complexity index is 292. The Hall–Kier alpha value is -1.26. The van der Waals surface area contributed by atoms with E-state index in [-0.39, 0.29) is 0 Å². The molecule has 0 aliphatic heterocycles. The molecule has 4 nitrogen and oxygen atoms in total. The van der Waals surface area contributed by atoms with Gasteiger partial charge in [-0.25, -0.2) is 0 Å². The molecular formula is C11H17NO3. The lowest BCUT2D eigenvalue weighted by atomic mass is 10.1. The molecule has 84 valence electrons. The van der Waals surface area contributed by atoms with Gasteiger partial charge in [0.2, 0.25) is 0 Å². The van der Waals surface area contributed by atoms with Crippen LogP contribution < -0.4 is 15.2 Å². The summed E-state index contributed by atoms with van der Waals surface area (Å²) in [6.45, 7) is 0.445. The number of benzene rings is 1. The molecule has 15 heavy (non-hydrogen) atoms. The van der Waals surface area contributed by atoms with Crippen LogP contribution in [-0.2, 0) is 0 Å². The number of nitrogens with two attached hydrogens (primary N) is 1. The molecule has 0 aliphatic carbocycles. The number of ether oxygens (including phenoxy) is 2. The maximum atomic E-state index is 9.77. The third-order valence-electron chi connectivity index (χ3n) is 2.20. The summed E-state index contributed by atoms with van der Waals surface area (Å²) in [4.78, 5) is 0. The van der Waals surface area contributed by atoms with E-state index in [0.29, 0.717) is 24.5 Å². The fraction of sp³-hybridized carbons (Fsp3) is 0.455. The van der Waals surface area contributed by atoms with Crippen LogP contribution in [0.1, 0.15) is 18.1 Å². The van der Waals surface area contributed by atoms with Crippen molar-refractivity contribution in [1.29, 1.82) is 0 Å². The summed E-state index contributed by atoms with van der Waals surface area (Å²) in [6, 6.07) is 5.32. The van der Waals surface area contributed by atoms with Gasteiger partial charge in [-0.3, -0.25) is 0 Å². The van der Waals surface area contributed by atoms with Crippen molar-refractivity contribution < 1.29 is 14.6 Å². The average Bonchev–Trinajstić information content (AvgIpc) is 2.28. The Labute approximate surface area is 89.6 Å². The Morgan fingerprint density at radius 1 is 1.20 bits per heavy atom. The smallest absolute Gasteiger partial charge is 0.122 e. The molecule has 1 atom stereocenters. The highest BCUT2D eigenvalue weighted by molar-refractivity contribution is 5.39. The summed E-state index contributed by atoms with van der Waals surface area (Å²) in [5.74, 6) is 1.33. The molecule has 0 saturated carbocycles. The Balaban J connectivity index is 2.95. The molecule has 0 amide bonds.